The topological polar surface area (TPSA) is 61.4 Å². The molecule has 2 rings (SSSR count). The van der Waals surface area contributed by atoms with Gasteiger partial charge in [-0.2, -0.15) is 0 Å². The largest absolute Gasteiger partial charge is 0.354 e. The number of nitrogens with one attached hydrogen (secondary N) is 2. The number of carbonyl (C=O) groups is 2. The normalized spacial score (nSPS) is 16.2. The molecule has 5 heteroatoms. The summed E-state index contributed by atoms with van der Waals surface area (Å²) in [5.74, 6) is -0.111. The Morgan fingerprint density at radius 1 is 1.50 bits per heavy atom. The molecule has 2 N–H and O–H groups in total. The van der Waals surface area contributed by atoms with E-state index >= 15 is 0 Å². The fraction of sp³-hybridized carbons (Fsp3) is 0.385. The van der Waals surface area contributed by atoms with Crippen molar-refractivity contribution in [2.75, 3.05) is 31.5 Å². The molecule has 0 radical (unpaired) electrons. The molecule has 0 aromatic heterocycles. The number of anilines is 1. The van der Waals surface area contributed by atoms with Gasteiger partial charge in [-0.1, -0.05) is 12.1 Å². The third kappa shape index (κ3) is 3.56. The molecule has 1 aliphatic rings. The van der Waals surface area contributed by atoms with Crippen LogP contribution in [-0.4, -0.2) is 42.9 Å². The van der Waals surface area contributed by atoms with E-state index in [1.807, 2.05) is 36.1 Å². The number of carbonyl (C=O) groups excluding carboxylic acids is 2. The summed E-state index contributed by atoms with van der Waals surface area (Å²) in [4.78, 5) is 24.8. The van der Waals surface area contributed by atoms with E-state index in [1.165, 1.54) is 0 Å². The second kappa shape index (κ2) is 5.64. The van der Waals surface area contributed by atoms with E-state index in [0.29, 0.717) is 19.6 Å². The lowest BCUT2D eigenvalue weighted by atomic mass is 10.2. The minimum atomic E-state index is -0.0877. The lowest BCUT2D eigenvalue weighted by Gasteiger charge is -2.25. The maximum atomic E-state index is 11.8. The summed E-state index contributed by atoms with van der Waals surface area (Å²) in [6.45, 7) is 3.84. The first-order valence-electron chi connectivity index (χ1n) is 5.99. The third-order valence-corrected chi connectivity index (χ3v) is 2.79. The zero-order chi connectivity index (χ0) is 13.0. The second-order valence-corrected chi connectivity index (χ2v) is 4.48. The lowest BCUT2D eigenvalue weighted by molar-refractivity contribution is -0.125. The number of hydrogen-bond acceptors (Lipinski definition) is 3. The summed E-state index contributed by atoms with van der Waals surface area (Å²) in [6.07, 6.45) is 0. The quantitative estimate of drug-likeness (QED) is 0.811. The molecule has 2 amide bonds. The molecule has 5 nitrogen and oxygen atoms in total. The van der Waals surface area contributed by atoms with Gasteiger partial charge in [0.05, 0.1) is 13.1 Å². The van der Waals surface area contributed by atoms with Crippen molar-refractivity contribution in [3.05, 3.63) is 29.8 Å². The number of amides is 2. The molecule has 0 bridgehead atoms. The Bertz CT molecular complexity index is 459. The number of piperazine rings is 1. The first-order chi connectivity index (χ1) is 8.63. The van der Waals surface area contributed by atoms with Crippen molar-refractivity contribution in [3.8, 4) is 0 Å². The highest BCUT2D eigenvalue weighted by atomic mass is 16.2. The fourth-order valence-electron chi connectivity index (χ4n) is 1.95. The van der Waals surface area contributed by atoms with Crippen LogP contribution < -0.4 is 10.6 Å². The summed E-state index contributed by atoms with van der Waals surface area (Å²) in [7, 11) is 0. The Kier molecular flexibility index (Phi) is 3.94. The van der Waals surface area contributed by atoms with Crippen LogP contribution in [-0.2, 0) is 9.59 Å². The van der Waals surface area contributed by atoms with Crippen LogP contribution in [0.25, 0.3) is 0 Å². The SMILES string of the molecule is Cc1cccc(NC(=O)CN2CCNC(=O)C2)c1. The van der Waals surface area contributed by atoms with Crippen LogP contribution in [0.15, 0.2) is 24.3 Å². The minimum absolute atomic E-state index is 0.0235. The van der Waals surface area contributed by atoms with Crippen molar-refractivity contribution < 1.29 is 9.59 Å². The molecule has 18 heavy (non-hydrogen) atoms. The van der Waals surface area contributed by atoms with E-state index < -0.39 is 0 Å². The number of nitrogens with zero attached hydrogens (tertiary/aromatic N) is 1. The predicted octanol–water partition coefficient (Wildman–Crippen LogP) is 0.365. The summed E-state index contributed by atoms with van der Waals surface area (Å²) in [6, 6.07) is 7.65. The van der Waals surface area contributed by atoms with Crippen LogP contribution in [0, 0.1) is 6.92 Å². The van der Waals surface area contributed by atoms with Gasteiger partial charge in [0.2, 0.25) is 11.8 Å². The molecule has 96 valence electrons. The van der Waals surface area contributed by atoms with Crippen LogP contribution in [0.4, 0.5) is 5.69 Å². The van der Waals surface area contributed by atoms with Crippen LogP contribution in [0.1, 0.15) is 5.56 Å². The molecular formula is C13H17N3O2. The molecule has 0 spiro atoms. The highest BCUT2D eigenvalue weighted by molar-refractivity contribution is 5.92. The van der Waals surface area contributed by atoms with E-state index in [1.54, 1.807) is 0 Å². The first-order valence-corrected chi connectivity index (χ1v) is 5.99. The number of benzene rings is 1. The van der Waals surface area contributed by atoms with Gasteiger partial charge >= 0.3 is 0 Å². The lowest BCUT2D eigenvalue weighted by Crippen LogP contribution is -2.49. The minimum Gasteiger partial charge on any atom is -0.354 e. The molecule has 0 saturated carbocycles. The standard InChI is InChI=1S/C13H17N3O2/c1-10-3-2-4-11(7-10)15-13(18)9-16-6-5-14-12(17)8-16/h2-4,7H,5-6,8-9H2,1H3,(H,14,17)(H,15,18). The van der Waals surface area contributed by atoms with Gasteiger partial charge < -0.3 is 10.6 Å². The summed E-state index contributed by atoms with van der Waals surface area (Å²) >= 11 is 0. The van der Waals surface area contributed by atoms with Crippen LogP contribution >= 0.6 is 0 Å². The summed E-state index contributed by atoms with van der Waals surface area (Å²) < 4.78 is 0. The Hall–Kier alpha value is -1.88. The number of rotatable bonds is 3. The van der Waals surface area contributed by atoms with Gasteiger partial charge in [0.1, 0.15) is 0 Å². The molecule has 1 fully saturated rings. The van der Waals surface area contributed by atoms with Crippen molar-refractivity contribution in [3.63, 3.8) is 0 Å². The van der Waals surface area contributed by atoms with Gasteiger partial charge in [-0.15, -0.1) is 0 Å². The second-order valence-electron chi connectivity index (χ2n) is 4.48. The van der Waals surface area contributed by atoms with Crippen LogP contribution in [0.2, 0.25) is 0 Å². The maximum absolute atomic E-state index is 11.8. The number of hydrogen-bond donors (Lipinski definition) is 2. The molecule has 1 saturated heterocycles. The van der Waals surface area contributed by atoms with Gasteiger partial charge in [0.25, 0.3) is 0 Å². The molecule has 1 aliphatic heterocycles. The van der Waals surface area contributed by atoms with Crippen LogP contribution in [0.3, 0.4) is 0 Å². The molecular weight excluding hydrogens is 230 g/mol. The monoisotopic (exact) mass is 247 g/mol. The van der Waals surface area contributed by atoms with Crippen molar-refractivity contribution in [2.24, 2.45) is 0 Å². The van der Waals surface area contributed by atoms with Gasteiger partial charge in [-0.05, 0) is 24.6 Å². The number of aryl methyl sites for hydroxylation is 1. The van der Waals surface area contributed by atoms with E-state index in [-0.39, 0.29) is 18.4 Å². The Labute approximate surface area is 106 Å². The Morgan fingerprint density at radius 3 is 3.06 bits per heavy atom. The predicted molar refractivity (Wildman–Crippen MR) is 69.3 cm³/mol. The highest BCUT2D eigenvalue weighted by Gasteiger charge is 2.18. The van der Waals surface area contributed by atoms with Crippen molar-refractivity contribution in [2.45, 2.75) is 6.92 Å². The highest BCUT2D eigenvalue weighted by Crippen LogP contribution is 2.09. The zero-order valence-electron chi connectivity index (χ0n) is 10.4. The Balaban J connectivity index is 1.86. The zero-order valence-corrected chi connectivity index (χ0v) is 10.4. The summed E-state index contributed by atoms with van der Waals surface area (Å²) in [5, 5.41) is 5.56. The fourth-order valence-corrected chi connectivity index (χ4v) is 1.95. The molecule has 1 heterocycles. The van der Waals surface area contributed by atoms with Gasteiger partial charge in [0, 0.05) is 18.8 Å². The molecule has 0 atom stereocenters. The van der Waals surface area contributed by atoms with Gasteiger partial charge in [0.15, 0.2) is 0 Å². The van der Waals surface area contributed by atoms with Gasteiger partial charge in [-0.3, -0.25) is 14.5 Å². The maximum Gasteiger partial charge on any atom is 0.238 e. The average molecular weight is 247 g/mol. The Morgan fingerprint density at radius 2 is 2.33 bits per heavy atom. The smallest absolute Gasteiger partial charge is 0.238 e. The third-order valence-electron chi connectivity index (χ3n) is 2.79. The van der Waals surface area contributed by atoms with Crippen molar-refractivity contribution in [1.29, 1.82) is 0 Å². The van der Waals surface area contributed by atoms with Crippen molar-refractivity contribution >= 4 is 17.5 Å². The average Bonchev–Trinajstić information content (AvgIpc) is 2.28. The van der Waals surface area contributed by atoms with E-state index in [4.69, 9.17) is 0 Å². The molecule has 0 aliphatic carbocycles. The van der Waals surface area contributed by atoms with Crippen molar-refractivity contribution in [1.82, 2.24) is 10.2 Å². The van der Waals surface area contributed by atoms with E-state index in [9.17, 15) is 9.59 Å². The molecule has 1 aromatic rings. The summed E-state index contributed by atoms with van der Waals surface area (Å²) in [5.41, 5.74) is 1.90. The van der Waals surface area contributed by atoms with E-state index in [0.717, 1.165) is 11.3 Å². The van der Waals surface area contributed by atoms with E-state index in [2.05, 4.69) is 10.6 Å². The van der Waals surface area contributed by atoms with Gasteiger partial charge in [-0.25, -0.2) is 0 Å². The first kappa shape index (κ1) is 12.6. The molecule has 0 unspecified atom stereocenters. The molecule has 1 aromatic carbocycles. The van der Waals surface area contributed by atoms with Crippen LogP contribution in [0.5, 0.6) is 0 Å².